The Balaban J connectivity index is 1.87. The van der Waals surface area contributed by atoms with E-state index < -0.39 is 5.97 Å². The van der Waals surface area contributed by atoms with Crippen molar-refractivity contribution in [2.75, 3.05) is 5.75 Å². The van der Waals surface area contributed by atoms with Crippen LogP contribution in [0.1, 0.15) is 13.3 Å². The van der Waals surface area contributed by atoms with Gasteiger partial charge >= 0.3 is 5.97 Å². The summed E-state index contributed by atoms with van der Waals surface area (Å²) >= 11 is 2.87. The van der Waals surface area contributed by atoms with E-state index in [1.54, 1.807) is 11.3 Å². The van der Waals surface area contributed by atoms with Gasteiger partial charge in [-0.3, -0.25) is 4.79 Å². The molecule has 1 N–H and O–H groups in total. The van der Waals surface area contributed by atoms with Crippen molar-refractivity contribution in [3.8, 4) is 10.7 Å². The second kappa shape index (κ2) is 5.57. The van der Waals surface area contributed by atoms with Gasteiger partial charge in [0.05, 0.1) is 10.6 Å². The Labute approximate surface area is 125 Å². The zero-order chi connectivity index (χ0) is 14.1. The normalized spacial score (nSPS) is 21.1. The van der Waals surface area contributed by atoms with E-state index in [1.165, 1.54) is 18.2 Å². The lowest BCUT2D eigenvalue weighted by atomic mass is 10.3. The maximum atomic E-state index is 10.7. The SMILES string of the molecule is CC1CC1Cn1c(SCC(=O)O)nnc1-c1cccs1. The fraction of sp³-hybridized carbons (Fsp3) is 0.462. The Kier molecular flexibility index (Phi) is 3.80. The number of thioether (sulfide) groups is 1. The van der Waals surface area contributed by atoms with Gasteiger partial charge in [-0.05, 0) is 29.7 Å². The quantitative estimate of drug-likeness (QED) is 0.831. The van der Waals surface area contributed by atoms with Crippen molar-refractivity contribution < 1.29 is 9.90 Å². The first-order valence-corrected chi connectivity index (χ1v) is 8.33. The molecule has 0 bridgehead atoms. The van der Waals surface area contributed by atoms with E-state index in [9.17, 15) is 4.79 Å². The first-order chi connectivity index (χ1) is 9.65. The highest BCUT2D eigenvalue weighted by Crippen LogP contribution is 2.41. The minimum Gasteiger partial charge on any atom is -0.481 e. The largest absolute Gasteiger partial charge is 0.481 e. The van der Waals surface area contributed by atoms with Crippen molar-refractivity contribution in [3.05, 3.63) is 17.5 Å². The van der Waals surface area contributed by atoms with Crippen LogP contribution in [0.2, 0.25) is 0 Å². The van der Waals surface area contributed by atoms with Gasteiger partial charge in [0.25, 0.3) is 0 Å². The summed E-state index contributed by atoms with van der Waals surface area (Å²) in [6, 6.07) is 4.01. The van der Waals surface area contributed by atoms with Crippen molar-refractivity contribution in [3.63, 3.8) is 0 Å². The van der Waals surface area contributed by atoms with Crippen LogP contribution in [0.25, 0.3) is 10.7 Å². The van der Waals surface area contributed by atoms with E-state index in [0.29, 0.717) is 11.1 Å². The monoisotopic (exact) mass is 309 g/mol. The van der Waals surface area contributed by atoms with E-state index in [1.807, 2.05) is 17.5 Å². The van der Waals surface area contributed by atoms with Crippen LogP contribution >= 0.6 is 23.1 Å². The fourth-order valence-corrected chi connectivity index (χ4v) is 3.55. The summed E-state index contributed by atoms with van der Waals surface area (Å²) in [4.78, 5) is 11.8. The van der Waals surface area contributed by atoms with Crippen LogP contribution < -0.4 is 0 Å². The third-order valence-corrected chi connectivity index (χ3v) is 5.29. The van der Waals surface area contributed by atoms with Gasteiger partial charge in [-0.15, -0.1) is 21.5 Å². The molecule has 3 rings (SSSR count). The Morgan fingerprint density at radius 1 is 1.60 bits per heavy atom. The number of carbonyl (C=O) groups is 1. The average Bonchev–Trinajstić information content (AvgIpc) is 2.86. The van der Waals surface area contributed by atoms with Crippen molar-refractivity contribution in [2.45, 2.75) is 25.0 Å². The van der Waals surface area contributed by atoms with E-state index in [4.69, 9.17) is 5.11 Å². The molecule has 7 heteroatoms. The van der Waals surface area contributed by atoms with E-state index >= 15 is 0 Å². The summed E-state index contributed by atoms with van der Waals surface area (Å²) in [5.74, 6) is 1.44. The smallest absolute Gasteiger partial charge is 0.313 e. The molecular formula is C13H15N3O2S2. The lowest BCUT2D eigenvalue weighted by molar-refractivity contribution is -0.133. The molecule has 0 aliphatic heterocycles. The van der Waals surface area contributed by atoms with Gasteiger partial charge in [-0.1, -0.05) is 24.8 Å². The van der Waals surface area contributed by atoms with Gasteiger partial charge in [0, 0.05) is 6.54 Å². The number of nitrogens with zero attached hydrogens (tertiary/aromatic N) is 3. The number of carboxylic acids is 1. The number of aromatic nitrogens is 3. The van der Waals surface area contributed by atoms with Crippen LogP contribution in [-0.2, 0) is 11.3 Å². The average molecular weight is 309 g/mol. The van der Waals surface area contributed by atoms with Crippen LogP contribution in [0.15, 0.2) is 22.7 Å². The summed E-state index contributed by atoms with van der Waals surface area (Å²) in [6.45, 7) is 3.12. The summed E-state index contributed by atoms with van der Waals surface area (Å²) in [5.41, 5.74) is 0. The number of rotatable bonds is 6. The second-order valence-electron chi connectivity index (χ2n) is 5.05. The summed E-state index contributed by atoms with van der Waals surface area (Å²) in [7, 11) is 0. The number of hydrogen-bond acceptors (Lipinski definition) is 5. The number of carboxylic acid groups (broad SMARTS) is 1. The zero-order valence-corrected chi connectivity index (χ0v) is 12.7. The topological polar surface area (TPSA) is 68.0 Å². The van der Waals surface area contributed by atoms with Crippen molar-refractivity contribution in [2.24, 2.45) is 11.8 Å². The molecule has 5 nitrogen and oxygen atoms in total. The molecule has 1 aliphatic rings. The molecule has 1 fully saturated rings. The molecule has 2 unspecified atom stereocenters. The summed E-state index contributed by atoms with van der Waals surface area (Å²) < 4.78 is 2.08. The lowest BCUT2D eigenvalue weighted by Crippen LogP contribution is -2.06. The Morgan fingerprint density at radius 2 is 2.40 bits per heavy atom. The molecule has 0 spiro atoms. The molecule has 1 aliphatic carbocycles. The molecule has 2 aromatic rings. The Morgan fingerprint density at radius 3 is 3.00 bits per heavy atom. The third kappa shape index (κ3) is 2.88. The molecular weight excluding hydrogens is 294 g/mol. The highest BCUT2D eigenvalue weighted by molar-refractivity contribution is 7.99. The highest BCUT2D eigenvalue weighted by Gasteiger charge is 2.34. The Bertz CT molecular complexity index is 609. The molecule has 106 valence electrons. The molecule has 1 saturated carbocycles. The van der Waals surface area contributed by atoms with Gasteiger partial charge in [-0.2, -0.15) is 0 Å². The predicted octanol–water partition coefficient (Wildman–Crippen LogP) is 2.84. The van der Waals surface area contributed by atoms with Gasteiger partial charge in [0.1, 0.15) is 0 Å². The van der Waals surface area contributed by atoms with E-state index in [2.05, 4.69) is 21.7 Å². The fourth-order valence-electron chi connectivity index (χ4n) is 2.16. The van der Waals surface area contributed by atoms with Crippen molar-refractivity contribution >= 4 is 29.1 Å². The first-order valence-electron chi connectivity index (χ1n) is 6.47. The van der Waals surface area contributed by atoms with E-state index in [0.717, 1.165) is 23.2 Å². The van der Waals surface area contributed by atoms with Crippen LogP contribution in [0.5, 0.6) is 0 Å². The van der Waals surface area contributed by atoms with Gasteiger partial charge in [0.15, 0.2) is 11.0 Å². The summed E-state index contributed by atoms with van der Waals surface area (Å²) in [5, 5.41) is 20.0. The lowest BCUT2D eigenvalue weighted by Gasteiger charge is -2.08. The maximum Gasteiger partial charge on any atom is 0.313 e. The molecule has 0 saturated heterocycles. The number of hydrogen-bond donors (Lipinski definition) is 1. The molecule has 2 aromatic heterocycles. The molecule has 0 radical (unpaired) electrons. The molecule has 0 aromatic carbocycles. The molecule has 2 atom stereocenters. The maximum absolute atomic E-state index is 10.7. The van der Waals surface area contributed by atoms with Crippen LogP contribution in [-0.4, -0.2) is 31.6 Å². The Hall–Kier alpha value is -1.34. The first kappa shape index (κ1) is 13.6. The van der Waals surface area contributed by atoms with Crippen LogP contribution in [0, 0.1) is 11.8 Å². The van der Waals surface area contributed by atoms with Gasteiger partial charge in [0.2, 0.25) is 0 Å². The number of thiophene rings is 1. The van der Waals surface area contributed by atoms with Crippen LogP contribution in [0.3, 0.4) is 0 Å². The minimum atomic E-state index is -0.831. The minimum absolute atomic E-state index is 0.0167. The second-order valence-corrected chi connectivity index (χ2v) is 6.94. The third-order valence-electron chi connectivity index (χ3n) is 3.48. The summed E-state index contributed by atoms with van der Waals surface area (Å²) in [6.07, 6.45) is 1.23. The predicted molar refractivity (Wildman–Crippen MR) is 79.0 cm³/mol. The van der Waals surface area contributed by atoms with Crippen LogP contribution in [0.4, 0.5) is 0 Å². The standard InChI is InChI=1S/C13H15N3O2S2/c1-8-5-9(8)6-16-12(10-3-2-4-19-10)14-15-13(16)20-7-11(17)18/h2-4,8-9H,5-7H2,1H3,(H,17,18). The number of aliphatic carboxylic acids is 1. The zero-order valence-electron chi connectivity index (χ0n) is 11.0. The van der Waals surface area contributed by atoms with Crippen molar-refractivity contribution in [1.82, 2.24) is 14.8 Å². The molecule has 2 heterocycles. The molecule has 0 amide bonds. The van der Waals surface area contributed by atoms with E-state index in [-0.39, 0.29) is 5.75 Å². The van der Waals surface area contributed by atoms with Crippen molar-refractivity contribution in [1.29, 1.82) is 0 Å². The van der Waals surface area contributed by atoms with Gasteiger partial charge < -0.3 is 9.67 Å². The van der Waals surface area contributed by atoms with Gasteiger partial charge in [-0.25, -0.2) is 0 Å². The molecule has 20 heavy (non-hydrogen) atoms. The highest BCUT2D eigenvalue weighted by atomic mass is 32.2.